The van der Waals surface area contributed by atoms with Crippen molar-refractivity contribution in [3.8, 4) is 0 Å². The fourth-order valence-corrected chi connectivity index (χ4v) is 2.54. The molecule has 0 radical (unpaired) electrons. The Morgan fingerprint density at radius 1 is 1.21 bits per heavy atom. The van der Waals surface area contributed by atoms with Crippen LogP contribution in [0.15, 0.2) is 24.3 Å². The molecule has 3 heteroatoms. The van der Waals surface area contributed by atoms with Crippen molar-refractivity contribution in [2.24, 2.45) is 5.92 Å². The summed E-state index contributed by atoms with van der Waals surface area (Å²) in [7, 11) is 1.82. The summed E-state index contributed by atoms with van der Waals surface area (Å²) in [5, 5.41) is 0. The first-order valence-electron chi connectivity index (χ1n) is 7.00. The highest BCUT2D eigenvalue weighted by molar-refractivity contribution is 5.95. The summed E-state index contributed by atoms with van der Waals surface area (Å²) < 4.78 is 0. The zero-order valence-corrected chi connectivity index (χ0v) is 11.7. The van der Waals surface area contributed by atoms with Crippen LogP contribution in [0.2, 0.25) is 0 Å². The Morgan fingerprint density at radius 3 is 2.32 bits per heavy atom. The first-order valence-corrected chi connectivity index (χ1v) is 7.00. The van der Waals surface area contributed by atoms with Crippen LogP contribution in [0.4, 0.5) is 5.69 Å². The maximum Gasteiger partial charge on any atom is 0.229 e. The first kappa shape index (κ1) is 13.8. The number of amides is 1. The predicted octanol–water partition coefficient (Wildman–Crippen LogP) is 2.97. The van der Waals surface area contributed by atoms with Crippen molar-refractivity contribution in [2.75, 3.05) is 11.9 Å². The quantitative estimate of drug-likeness (QED) is 0.837. The number of benzene rings is 1. The topological polar surface area (TPSA) is 37.4 Å². The summed E-state index contributed by atoms with van der Waals surface area (Å²) in [4.78, 5) is 25.3. The predicted molar refractivity (Wildman–Crippen MR) is 76.2 cm³/mol. The van der Waals surface area contributed by atoms with Crippen LogP contribution in [0.3, 0.4) is 0 Å². The smallest absolute Gasteiger partial charge is 0.229 e. The van der Waals surface area contributed by atoms with E-state index in [-0.39, 0.29) is 11.8 Å². The Labute approximate surface area is 114 Å². The summed E-state index contributed by atoms with van der Waals surface area (Å²) in [6, 6.07) is 8.10. The minimum atomic E-state index is 0.00792. The Balaban J connectivity index is 2.03. The fraction of sp³-hybridized carbons (Fsp3) is 0.500. The Morgan fingerprint density at radius 2 is 1.79 bits per heavy atom. The van der Waals surface area contributed by atoms with E-state index in [2.05, 4.69) is 19.1 Å². The molecule has 1 fully saturated rings. The third kappa shape index (κ3) is 3.22. The number of Topliss-reactive ketones (excluding diaryl/α,β-unsaturated/α-hetero) is 1. The summed E-state index contributed by atoms with van der Waals surface area (Å²) in [5.74, 6) is 0.435. The van der Waals surface area contributed by atoms with E-state index in [4.69, 9.17) is 0 Å². The third-order valence-corrected chi connectivity index (χ3v) is 3.95. The van der Waals surface area contributed by atoms with Crippen LogP contribution in [0.25, 0.3) is 0 Å². The lowest BCUT2D eigenvalue weighted by atomic mass is 9.87. The summed E-state index contributed by atoms with van der Waals surface area (Å²) >= 11 is 0. The molecule has 2 rings (SSSR count). The molecule has 19 heavy (non-hydrogen) atoms. The van der Waals surface area contributed by atoms with Crippen molar-refractivity contribution in [1.29, 1.82) is 0 Å². The normalized spacial score (nSPS) is 16.4. The molecule has 1 aromatic carbocycles. The van der Waals surface area contributed by atoms with Gasteiger partial charge in [-0.2, -0.15) is 0 Å². The average Bonchev–Trinajstić information content (AvgIpc) is 2.46. The number of carbonyl (C=O) groups excluding carboxylic acids is 2. The van der Waals surface area contributed by atoms with Gasteiger partial charge in [0.15, 0.2) is 0 Å². The van der Waals surface area contributed by atoms with Gasteiger partial charge in [-0.05, 0) is 37.0 Å². The molecule has 102 valence electrons. The van der Waals surface area contributed by atoms with Gasteiger partial charge in [0.2, 0.25) is 5.91 Å². The van der Waals surface area contributed by atoms with Gasteiger partial charge in [-0.25, -0.2) is 0 Å². The largest absolute Gasteiger partial charge is 0.315 e. The van der Waals surface area contributed by atoms with E-state index in [1.807, 2.05) is 19.2 Å². The minimum absolute atomic E-state index is 0.00792. The number of rotatable bonds is 3. The van der Waals surface area contributed by atoms with Gasteiger partial charge in [-0.3, -0.25) is 9.59 Å². The molecule has 0 bridgehead atoms. The molecule has 0 heterocycles. The van der Waals surface area contributed by atoms with Gasteiger partial charge in [0.1, 0.15) is 5.78 Å². The lowest BCUT2D eigenvalue weighted by Crippen LogP contribution is -2.35. The summed E-state index contributed by atoms with van der Waals surface area (Å²) in [6.07, 6.45) is 3.52. The summed E-state index contributed by atoms with van der Waals surface area (Å²) in [5.41, 5.74) is 2.20. The molecule has 3 nitrogen and oxygen atoms in total. The van der Waals surface area contributed by atoms with Crippen LogP contribution < -0.4 is 4.90 Å². The number of aryl methyl sites for hydroxylation is 1. The van der Waals surface area contributed by atoms with E-state index in [0.717, 1.165) is 12.1 Å². The molecule has 0 saturated heterocycles. The second kappa shape index (κ2) is 6.00. The Bertz CT molecular complexity index is 454. The Kier molecular flexibility index (Phi) is 4.35. The van der Waals surface area contributed by atoms with Crippen molar-refractivity contribution in [3.63, 3.8) is 0 Å². The number of carbonyl (C=O) groups is 2. The number of hydrogen-bond donors (Lipinski definition) is 0. The molecule has 0 spiro atoms. The first-order chi connectivity index (χ1) is 9.11. The van der Waals surface area contributed by atoms with Crippen molar-refractivity contribution in [1.82, 2.24) is 0 Å². The molecule has 1 aliphatic carbocycles. The van der Waals surface area contributed by atoms with E-state index in [1.165, 1.54) is 5.56 Å². The lowest BCUT2D eigenvalue weighted by molar-refractivity contribution is -0.126. The molecule has 0 N–H and O–H groups in total. The van der Waals surface area contributed by atoms with E-state index in [9.17, 15) is 9.59 Å². The lowest BCUT2D eigenvalue weighted by Gasteiger charge is -2.26. The number of nitrogens with zero attached hydrogens (tertiary/aromatic N) is 1. The molecular formula is C16H21NO2. The van der Waals surface area contributed by atoms with Gasteiger partial charge in [0.05, 0.1) is 0 Å². The molecule has 0 aromatic heterocycles. The maximum absolute atomic E-state index is 12.4. The molecule has 0 aliphatic heterocycles. The van der Waals surface area contributed by atoms with Crippen LogP contribution in [-0.2, 0) is 16.0 Å². The van der Waals surface area contributed by atoms with E-state index >= 15 is 0 Å². The molecule has 1 aliphatic rings. The number of hydrogen-bond acceptors (Lipinski definition) is 2. The molecule has 1 aromatic rings. The Hall–Kier alpha value is -1.64. The SMILES string of the molecule is CCc1ccc(N(C)C(=O)C2CCC(=O)CC2)cc1. The molecule has 0 unspecified atom stereocenters. The van der Waals surface area contributed by atoms with Gasteiger partial charge in [0.25, 0.3) is 0 Å². The van der Waals surface area contributed by atoms with Crippen LogP contribution in [0, 0.1) is 5.92 Å². The number of ketones is 1. The van der Waals surface area contributed by atoms with Crippen molar-refractivity contribution < 1.29 is 9.59 Å². The second-order valence-electron chi connectivity index (χ2n) is 5.23. The standard InChI is InChI=1S/C16H21NO2/c1-3-12-4-8-14(9-5-12)17(2)16(19)13-6-10-15(18)11-7-13/h4-5,8-9,13H,3,6-7,10-11H2,1-2H3. The van der Waals surface area contributed by atoms with Gasteiger partial charge >= 0.3 is 0 Å². The van der Waals surface area contributed by atoms with Crippen LogP contribution >= 0.6 is 0 Å². The van der Waals surface area contributed by atoms with Crippen molar-refractivity contribution in [3.05, 3.63) is 29.8 Å². The maximum atomic E-state index is 12.4. The van der Waals surface area contributed by atoms with Gasteiger partial charge < -0.3 is 4.90 Å². The van der Waals surface area contributed by atoms with Crippen molar-refractivity contribution >= 4 is 17.4 Å². The zero-order chi connectivity index (χ0) is 13.8. The molecule has 1 amide bonds. The van der Waals surface area contributed by atoms with E-state index < -0.39 is 0 Å². The molecular weight excluding hydrogens is 238 g/mol. The molecule has 0 atom stereocenters. The van der Waals surface area contributed by atoms with Crippen LogP contribution in [0.5, 0.6) is 0 Å². The van der Waals surface area contributed by atoms with Gasteiger partial charge in [-0.15, -0.1) is 0 Å². The highest BCUT2D eigenvalue weighted by Gasteiger charge is 2.27. The third-order valence-electron chi connectivity index (χ3n) is 3.95. The monoisotopic (exact) mass is 259 g/mol. The fourth-order valence-electron chi connectivity index (χ4n) is 2.54. The average molecular weight is 259 g/mol. The number of anilines is 1. The zero-order valence-electron chi connectivity index (χ0n) is 11.7. The highest BCUT2D eigenvalue weighted by atomic mass is 16.2. The van der Waals surface area contributed by atoms with E-state index in [1.54, 1.807) is 4.90 Å². The van der Waals surface area contributed by atoms with Crippen LogP contribution in [0.1, 0.15) is 38.2 Å². The van der Waals surface area contributed by atoms with Crippen LogP contribution in [-0.4, -0.2) is 18.7 Å². The molecule has 1 saturated carbocycles. The van der Waals surface area contributed by atoms with E-state index in [0.29, 0.717) is 31.5 Å². The van der Waals surface area contributed by atoms with Gasteiger partial charge in [0, 0.05) is 31.5 Å². The minimum Gasteiger partial charge on any atom is -0.315 e. The highest BCUT2D eigenvalue weighted by Crippen LogP contribution is 2.25. The van der Waals surface area contributed by atoms with Crippen molar-refractivity contribution in [2.45, 2.75) is 39.0 Å². The summed E-state index contributed by atoms with van der Waals surface area (Å²) in [6.45, 7) is 2.11. The second-order valence-corrected chi connectivity index (χ2v) is 5.23. The van der Waals surface area contributed by atoms with Gasteiger partial charge in [-0.1, -0.05) is 19.1 Å².